The fourth-order valence-corrected chi connectivity index (χ4v) is 3.28. The number of benzene rings is 2. The second-order valence-electron chi connectivity index (χ2n) is 3.43. The van der Waals surface area contributed by atoms with Gasteiger partial charge in [-0.25, -0.2) is 0 Å². The molecule has 0 heterocycles. The summed E-state index contributed by atoms with van der Waals surface area (Å²) in [6, 6.07) is 19.2. The van der Waals surface area contributed by atoms with E-state index in [1.165, 1.54) is 15.4 Å². The van der Waals surface area contributed by atoms with Crippen LogP contribution in [0, 0.1) is 0 Å². The fraction of sp³-hybridized carbons (Fsp3) is 0.143. The molecule has 0 aromatic heterocycles. The van der Waals surface area contributed by atoms with E-state index < -0.39 is 0 Å². The van der Waals surface area contributed by atoms with Gasteiger partial charge in [-0.1, -0.05) is 42.5 Å². The Bertz CT molecular complexity index is 437. The summed E-state index contributed by atoms with van der Waals surface area (Å²) in [5.41, 5.74) is 1.38. The fourth-order valence-electron chi connectivity index (χ4n) is 1.47. The SMILES string of the molecule is CSc1ccccc1SCc1ccccc1. The monoisotopic (exact) mass is 246 g/mol. The Hall–Kier alpha value is -0.860. The largest absolute Gasteiger partial charge is 0.128 e. The van der Waals surface area contributed by atoms with Gasteiger partial charge in [0.05, 0.1) is 0 Å². The van der Waals surface area contributed by atoms with Crippen molar-refractivity contribution in [1.82, 2.24) is 0 Å². The summed E-state index contributed by atoms with van der Waals surface area (Å²) >= 11 is 3.71. The van der Waals surface area contributed by atoms with E-state index >= 15 is 0 Å². The second kappa shape index (κ2) is 6.02. The Balaban J connectivity index is 2.05. The predicted octanol–water partition coefficient (Wildman–Crippen LogP) is 4.70. The van der Waals surface area contributed by atoms with Crippen LogP contribution in [0.1, 0.15) is 5.56 Å². The van der Waals surface area contributed by atoms with Crippen LogP contribution in [-0.2, 0) is 5.75 Å². The smallest absolute Gasteiger partial charge is 0.0232 e. The van der Waals surface area contributed by atoms with Crippen LogP contribution < -0.4 is 0 Å². The molecule has 0 unspecified atom stereocenters. The highest BCUT2D eigenvalue weighted by Gasteiger charge is 2.01. The van der Waals surface area contributed by atoms with E-state index in [0.717, 1.165) is 5.75 Å². The highest BCUT2D eigenvalue weighted by molar-refractivity contribution is 8.01. The van der Waals surface area contributed by atoms with E-state index in [4.69, 9.17) is 0 Å². The summed E-state index contributed by atoms with van der Waals surface area (Å²) in [7, 11) is 0. The lowest BCUT2D eigenvalue weighted by atomic mass is 10.2. The minimum Gasteiger partial charge on any atom is -0.128 e. The molecule has 0 fully saturated rings. The van der Waals surface area contributed by atoms with Crippen molar-refractivity contribution in [2.45, 2.75) is 15.5 Å². The zero-order valence-electron chi connectivity index (χ0n) is 9.22. The summed E-state index contributed by atoms with van der Waals surface area (Å²) in [5, 5.41) is 0. The maximum atomic E-state index is 2.19. The van der Waals surface area contributed by atoms with Crippen LogP contribution in [0.25, 0.3) is 0 Å². The van der Waals surface area contributed by atoms with Gasteiger partial charge in [-0.2, -0.15) is 0 Å². The molecule has 0 atom stereocenters. The van der Waals surface area contributed by atoms with E-state index in [-0.39, 0.29) is 0 Å². The lowest BCUT2D eigenvalue weighted by Gasteiger charge is -2.06. The molecule has 0 saturated heterocycles. The zero-order chi connectivity index (χ0) is 11.2. The van der Waals surface area contributed by atoms with Gasteiger partial charge in [0.1, 0.15) is 0 Å². The molecule has 82 valence electrons. The van der Waals surface area contributed by atoms with Crippen molar-refractivity contribution in [2.24, 2.45) is 0 Å². The molecule has 2 aromatic carbocycles. The van der Waals surface area contributed by atoms with Crippen LogP contribution in [0.2, 0.25) is 0 Å². The van der Waals surface area contributed by atoms with Gasteiger partial charge in [0.25, 0.3) is 0 Å². The predicted molar refractivity (Wildman–Crippen MR) is 74.2 cm³/mol. The van der Waals surface area contributed by atoms with E-state index in [9.17, 15) is 0 Å². The van der Waals surface area contributed by atoms with E-state index in [1.54, 1.807) is 0 Å². The topological polar surface area (TPSA) is 0 Å². The van der Waals surface area contributed by atoms with Crippen molar-refractivity contribution in [2.75, 3.05) is 6.26 Å². The van der Waals surface area contributed by atoms with E-state index in [1.807, 2.05) is 23.5 Å². The molecule has 0 bridgehead atoms. The number of hydrogen-bond donors (Lipinski definition) is 0. The Morgan fingerprint density at radius 3 is 2.12 bits per heavy atom. The van der Waals surface area contributed by atoms with E-state index in [2.05, 4.69) is 60.9 Å². The minimum atomic E-state index is 1.04. The summed E-state index contributed by atoms with van der Waals surface area (Å²) in [6.45, 7) is 0. The van der Waals surface area contributed by atoms with Gasteiger partial charge in [0.15, 0.2) is 0 Å². The average molecular weight is 246 g/mol. The van der Waals surface area contributed by atoms with Crippen molar-refractivity contribution in [3.8, 4) is 0 Å². The molecule has 0 aliphatic rings. The van der Waals surface area contributed by atoms with Crippen LogP contribution >= 0.6 is 23.5 Å². The van der Waals surface area contributed by atoms with Gasteiger partial charge >= 0.3 is 0 Å². The summed E-state index contributed by atoms with van der Waals surface area (Å²) < 4.78 is 0. The van der Waals surface area contributed by atoms with Crippen molar-refractivity contribution in [1.29, 1.82) is 0 Å². The third-order valence-corrected chi connectivity index (χ3v) is 4.38. The lowest BCUT2D eigenvalue weighted by Crippen LogP contribution is -1.81. The summed E-state index contributed by atoms with van der Waals surface area (Å²) in [6.07, 6.45) is 2.13. The Labute approximate surface area is 105 Å². The molecule has 0 aliphatic heterocycles. The second-order valence-corrected chi connectivity index (χ2v) is 5.29. The first kappa shape index (κ1) is 11.6. The molecule has 0 N–H and O–H groups in total. The van der Waals surface area contributed by atoms with Crippen molar-refractivity contribution < 1.29 is 0 Å². The maximum absolute atomic E-state index is 2.19. The molecule has 0 amide bonds. The highest BCUT2D eigenvalue weighted by Crippen LogP contribution is 2.31. The van der Waals surface area contributed by atoms with Gasteiger partial charge in [-0.15, -0.1) is 23.5 Å². The number of hydrogen-bond acceptors (Lipinski definition) is 2. The minimum absolute atomic E-state index is 1.04. The first-order valence-electron chi connectivity index (χ1n) is 5.20. The maximum Gasteiger partial charge on any atom is 0.0232 e. The normalized spacial score (nSPS) is 10.3. The summed E-state index contributed by atoms with van der Waals surface area (Å²) in [5.74, 6) is 1.04. The molecule has 0 spiro atoms. The van der Waals surface area contributed by atoms with Crippen molar-refractivity contribution in [3.63, 3.8) is 0 Å². The van der Waals surface area contributed by atoms with Gasteiger partial charge in [-0.3, -0.25) is 0 Å². The molecule has 0 saturated carbocycles. The molecule has 0 radical (unpaired) electrons. The van der Waals surface area contributed by atoms with Crippen LogP contribution in [-0.4, -0.2) is 6.26 Å². The van der Waals surface area contributed by atoms with Crippen molar-refractivity contribution >= 4 is 23.5 Å². The highest BCUT2D eigenvalue weighted by atomic mass is 32.2. The quantitative estimate of drug-likeness (QED) is 0.717. The molecule has 0 nitrogen and oxygen atoms in total. The van der Waals surface area contributed by atoms with E-state index in [0.29, 0.717) is 0 Å². The molecule has 16 heavy (non-hydrogen) atoms. The Kier molecular flexibility index (Phi) is 4.37. The first-order chi connectivity index (χ1) is 7.90. The Morgan fingerprint density at radius 2 is 1.44 bits per heavy atom. The average Bonchev–Trinajstić information content (AvgIpc) is 2.38. The third-order valence-electron chi connectivity index (χ3n) is 2.31. The number of rotatable bonds is 4. The molecule has 2 heteroatoms. The Morgan fingerprint density at radius 1 is 0.812 bits per heavy atom. The van der Waals surface area contributed by atoms with Crippen LogP contribution in [0.3, 0.4) is 0 Å². The molecule has 2 aromatic rings. The number of thioether (sulfide) groups is 2. The van der Waals surface area contributed by atoms with Crippen LogP contribution in [0.15, 0.2) is 64.4 Å². The molecular formula is C14H14S2. The zero-order valence-corrected chi connectivity index (χ0v) is 10.9. The molecular weight excluding hydrogens is 232 g/mol. The van der Waals surface area contributed by atoms with Gasteiger partial charge in [-0.05, 0) is 24.0 Å². The van der Waals surface area contributed by atoms with Gasteiger partial charge in [0, 0.05) is 15.5 Å². The van der Waals surface area contributed by atoms with Crippen LogP contribution in [0.5, 0.6) is 0 Å². The third kappa shape index (κ3) is 3.06. The molecule has 0 aliphatic carbocycles. The molecule has 2 rings (SSSR count). The lowest BCUT2D eigenvalue weighted by molar-refractivity contribution is 1.24. The first-order valence-corrected chi connectivity index (χ1v) is 7.41. The van der Waals surface area contributed by atoms with Crippen LogP contribution in [0.4, 0.5) is 0 Å². The summed E-state index contributed by atoms with van der Waals surface area (Å²) in [4.78, 5) is 2.74. The van der Waals surface area contributed by atoms with Crippen molar-refractivity contribution in [3.05, 3.63) is 60.2 Å². The van der Waals surface area contributed by atoms with Gasteiger partial charge in [0.2, 0.25) is 0 Å². The standard InChI is InChI=1S/C14H14S2/c1-15-13-9-5-6-10-14(13)16-11-12-7-3-2-4-8-12/h2-10H,11H2,1H3. The van der Waals surface area contributed by atoms with Gasteiger partial charge < -0.3 is 0 Å².